The summed E-state index contributed by atoms with van der Waals surface area (Å²) in [7, 11) is 1.53. The number of carbonyl (C=O) groups is 3. The predicted octanol–water partition coefficient (Wildman–Crippen LogP) is 4.84. The Hall–Kier alpha value is -5.84. The van der Waals surface area contributed by atoms with Crippen LogP contribution in [0.2, 0.25) is 0 Å². The number of fused-ring (bicyclic) bond motifs is 1. The van der Waals surface area contributed by atoms with E-state index in [2.05, 4.69) is 5.32 Å². The standard InChI is InChI=1S/C33H32N4O5.C2H4O2/c1-41-29-18-24(13-16-28(29)42-20-21-7-3-2-4-8-21)30(36-26-14-11-22(12-15-26)31(34)35)32(38)37-19-25-10-6-5-9-23(25)17-27(37)33(39)40;1-2(3)4/h2-16,18,27,30,36H,17,19-20H2,1H3,(H3,34,35)(H,39,40);1H3,(H,3,4). The van der Waals surface area contributed by atoms with Crippen LogP contribution in [0.1, 0.15) is 40.8 Å². The second-order valence-corrected chi connectivity index (χ2v) is 10.6. The van der Waals surface area contributed by atoms with E-state index in [1.807, 2.05) is 54.6 Å². The smallest absolute Gasteiger partial charge is 0.326 e. The van der Waals surface area contributed by atoms with Crippen molar-refractivity contribution in [2.75, 3.05) is 12.4 Å². The van der Waals surface area contributed by atoms with Gasteiger partial charge in [-0.15, -0.1) is 0 Å². The lowest BCUT2D eigenvalue weighted by molar-refractivity contribution is -0.151. The van der Waals surface area contributed by atoms with E-state index in [0.717, 1.165) is 23.6 Å². The van der Waals surface area contributed by atoms with E-state index in [-0.39, 0.29) is 18.8 Å². The van der Waals surface area contributed by atoms with Crippen LogP contribution in [0, 0.1) is 5.41 Å². The maximum atomic E-state index is 14.3. The first-order valence-corrected chi connectivity index (χ1v) is 14.4. The van der Waals surface area contributed by atoms with Gasteiger partial charge >= 0.3 is 5.97 Å². The number of rotatable bonds is 10. The van der Waals surface area contributed by atoms with Crippen molar-refractivity contribution in [2.24, 2.45) is 5.73 Å². The summed E-state index contributed by atoms with van der Waals surface area (Å²) in [5.74, 6) is -1.41. The fourth-order valence-corrected chi connectivity index (χ4v) is 5.06. The van der Waals surface area contributed by atoms with E-state index in [4.69, 9.17) is 30.5 Å². The van der Waals surface area contributed by atoms with Crippen molar-refractivity contribution in [3.63, 3.8) is 0 Å². The van der Waals surface area contributed by atoms with Crippen molar-refractivity contribution in [1.82, 2.24) is 4.90 Å². The number of aliphatic carboxylic acids is 2. The maximum absolute atomic E-state index is 14.3. The third kappa shape index (κ3) is 8.41. The normalized spacial score (nSPS) is 14.0. The summed E-state index contributed by atoms with van der Waals surface area (Å²) >= 11 is 0. The fraction of sp³-hybridized carbons (Fsp3) is 0.200. The zero-order valence-corrected chi connectivity index (χ0v) is 25.5. The molecule has 238 valence electrons. The molecule has 2 atom stereocenters. The van der Waals surface area contributed by atoms with Crippen molar-refractivity contribution in [1.29, 1.82) is 5.41 Å². The lowest BCUT2D eigenvalue weighted by Gasteiger charge is -2.37. The van der Waals surface area contributed by atoms with Crippen LogP contribution in [0.15, 0.2) is 97.1 Å². The second kappa shape index (κ2) is 15.2. The SMILES string of the molecule is CC(=O)O.COc1cc(C(Nc2ccc(C(=N)N)cc2)C(=O)N2Cc3ccccc3CC2C(=O)O)ccc1OCc1ccccc1. The molecule has 46 heavy (non-hydrogen) atoms. The molecule has 0 saturated carbocycles. The van der Waals surface area contributed by atoms with E-state index in [1.165, 1.54) is 12.0 Å². The van der Waals surface area contributed by atoms with Gasteiger partial charge in [0.15, 0.2) is 11.5 Å². The van der Waals surface area contributed by atoms with Crippen LogP contribution in [-0.2, 0) is 34.0 Å². The third-order valence-electron chi connectivity index (χ3n) is 7.33. The summed E-state index contributed by atoms with van der Waals surface area (Å²) < 4.78 is 11.7. The van der Waals surface area contributed by atoms with Crippen LogP contribution in [0.5, 0.6) is 11.5 Å². The van der Waals surface area contributed by atoms with Gasteiger partial charge in [0.2, 0.25) is 0 Å². The molecule has 0 fully saturated rings. The van der Waals surface area contributed by atoms with Gasteiger partial charge in [-0.2, -0.15) is 0 Å². The number of nitrogens with two attached hydrogens (primary N) is 1. The number of anilines is 1. The van der Waals surface area contributed by atoms with Gasteiger partial charge in [0.1, 0.15) is 24.5 Å². The van der Waals surface area contributed by atoms with Gasteiger partial charge in [0, 0.05) is 31.1 Å². The zero-order chi connectivity index (χ0) is 33.2. The number of carbonyl (C=O) groups excluding carboxylic acids is 1. The molecule has 0 spiro atoms. The lowest BCUT2D eigenvalue weighted by Crippen LogP contribution is -2.51. The van der Waals surface area contributed by atoms with E-state index >= 15 is 0 Å². The first kappa shape index (κ1) is 33.1. The van der Waals surface area contributed by atoms with Gasteiger partial charge in [-0.25, -0.2) is 4.79 Å². The Balaban J connectivity index is 0.00000113. The molecule has 1 aliphatic rings. The first-order chi connectivity index (χ1) is 22.1. The Labute approximate surface area is 266 Å². The Bertz CT molecular complexity index is 1690. The van der Waals surface area contributed by atoms with Crippen LogP contribution in [0.25, 0.3) is 0 Å². The van der Waals surface area contributed by atoms with Crippen molar-refractivity contribution in [3.8, 4) is 11.5 Å². The van der Waals surface area contributed by atoms with E-state index in [0.29, 0.717) is 34.9 Å². The number of ether oxygens (including phenoxy) is 2. The molecule has 0 radical (unpaired) electrons. The number of hydrogen-bond acceptors (Lipinski definition) is 7. The summed E-state index contributed by atoms with van der Waals surface area (Å²) in [6.07, 6.45) is 0.215. The number of amides is 1. The highest BCUT2D eigenvalue weighted by molar-refractivity contribution is 5.95. The van der Waals surface area contributed by atoms with Crippen LogP contribution in [0.4, 0.5) is 5.69 Å². The molecule has 0 bridgehead atoms. The molecule has 4 aromatic carbocycles. The van der Waals surface area contributed by atoms with Crippen LogP contribution < -0.4 is 20.5 Å². The molecule has 0 aromatic heterocycles. The van der Waals surface area contributed by atoms with Gasteiger partial charge in [0.05, 0.1) is 7.11 Å². The van der Waals surface area contributed by atoms with Gasteiger partial charge in [-0.1, -0.05) is 60.7 Å². The van der Waals surface area contributed by atoms with Crippen LogP contribution in [0.3, 0.4) is 0 Å². The predicted molar refractivity (Wildman–Crippen MR) is 173 cm³/mol. The molecule has 11 heteroatoms. The van der Waals surface area contributed by atoms with Crippen molar-refractivity contribution in [2.45, 2.75) is 38.6 Å². The second-order valence-electron chi connectivity index (χ2n) is 10.6. The highest BCUT2D eigenvalue weighted by Crippen LogP contribution is 2.34. The lowest BCUT2D eigenvalue weighted by atomic mass is 9.92. The van der Waals surface area contributed by atoms with E-state index in [9.17, 15) is 14.7 Å². The largest absolute Gasteiger partial charge is 0.493 e. The average Bonchev–Trinajstić information content (AvgIpc) is 3.05. The fourth-order valence-electron chi connectivity index (χ4n) is 5.06. The Morgan fingerprint density at radius 3 is 2.17 bits per heavy atom. The number of hydrogen-bond donors (Lipinski definition) is 5. The average molecular weight is 625 g/mol. The molecular formula is C35H36N4O7. The topological polar surface area (TPSA) is 175 Å². The molecule has 1 aliphatic heterocycles. The number of carboxylic acids is 2. The number of nitrogen functional groups attached to an aromatic ring is 1. The van der Waals surface area contributed by atoms with Crippen LogP contribution >= 0.6 is 0 Å². The first-order valence-electron chi connectivity index (χ1n) is 14.4. The van der Waals surface area contributed by atoms with E-state index in [1.54, 1.807) is 42.5 Å². The molecule has 11 nitrogen and oxygen atoms in total. The molecular weight excluding hydrogens is 588 g/mol. The minimum absolute atomic E-state index is 0.0683. The Morgan fingerprint density at radius 2 is 1.57 bits per heavy atom. The molecule has 1 amide bonds. The zero-order valence-electron chi connectivity index (χ0n) is 25.5. The van der Waals surface area contributed by atoms with Crippen molar-refractivity contribution in [3.05, 3.63) is 125 Å². The minimum atomic E-state index is -1.07. The summed E-state index contributed by atoms with van der Waals surface area (Å²) in [6, 6.07) is 27.4. The Morgan fingerprint density at radius 1 is 0.935 bits per heavy atom. The summed E-state index contributed by atoms with van der Waals surface area (Å²) in [4.78, 5) is 37.0. The summed E-state index contributed by atoms with van der Waals surface area (Å²) in [5.41, 5.74) is 10.2. The molecule has 2 unspecified atom stereocenters. The number of carboxylic acid groups (broad SMARTS) is 2. The van der Waals surface area contributed by atoms with Gasteiger partial charge in [0.25, 0.3) is 11.9 Å². The molecule has 6 N–H and O–H groups in total. The number of benzene rings is 4. The number of methoxy groups -OCH3 is 1. The quantitative estimate of drug-likeness (QED) is 0.122. The Kier molecular flexibility index (Phi) is 11.0. The molecule has 0 saturated heterocycles. The summed E-state index contributed by atoms with van der Waals surface area (Å²) in [5, 5.41) is 28.5. The van der Waals surface area contributed by atoms with Gasteiger partial charge in [-0.05, 0) is 58.7 Å². The number of nitrogens with zero attached hydrogens (tertiary/aromatic N) is 1. The molecule has 1 heterocycles. The number of nitrogens with one attached hydrogen (secondary N) is 2. The third-order valence-corrected chi connectivity index (χ3v) is 7.33. The number of amidine groups is 1. The van der Waals surface area contributed by atoms with Gasteiger partial charge < -0.3 is 35.6 Å². The maximum Gasteiger partial charge on any atom is 0.326 e. The van der Waals surface area contributed by atoms with Crippen molar-refractivity contribution >= 4 is 29.4 Å². The molecule has 5 rings (SSSR count). The summed E-state index contributed by atoms with van der Waals surface area (Å²) in [6.45, 7) is 1.59. The van der Waals surface area contributed by atoms with Gasteiger partial charge in [-0.3, -0.25) is 15.0 Å². The highest BCUT2D eigenvalue weighted by atomic mass is 16.5. The highest BCUT2D eigenvalue weighted by Gasteiger charge is 2.38. The monoisotopic (exact) mass is 624 g/mol. The minimum Gasteiger partial charge on any atom is -0.493 e. The van der Waals surface area contributed by atoms with Crippen LogP contribution in [-0.4, -0.2) is 51.9 Å². The van der Waals surface area contributed by atoms with E-state index < -0.39 is 29.9 Å². The van der Waals surface area contributed by atoms with Crippen molar-refractivity contribution < 1.29 is 34.1 Å². The molecule has 4 aromatic rings. The molecule has 0 aliphatic carbocycles.